The molecule has 54 valence electrons. The minimum Gasteiger partial charge on any atom is -0.445 e. The van der Waals surface area contributed by atoms with Gasteiger partial charge in [-0.2, -0.15) is 0 Å². The largest absolute Gasteiger partial charge is 0.445 e. The minimum absolute atomic E-state index is 0.547. The molecule has 1 aromatic rings. The van der Waals surface area contributed by atoms with Crippen LogP contribution < -0.4 is 5.32 Å². The van der Waals surface area contributed by atoms with Gasteiger partial charge < -0.3 is 14.8 Å². The first-order valence-corrected chi connectivity index (χ1v) is 3.13. The highest BCUT2D eigenvalue weighted by Gasteiger charge is 2.39. The predicted octanol–water partition coefficient (Wildman–Crippen LogP) is -0.535. The summed E-state index contributed by atoms with van der Waals surface area (Å²) in [5.41, 5.74) is -0.795. The summed E-state index contributed by atoms with van der Waals surface area (Å²) < 4.78 is 4.94. The van der Waals surface area contributed by atoms with Crippen LogP contribution in [0.5, 0.6) is 0 Å². The Balaban J connectivity index is 2.27. The lowest BCUT2D eigenvalue weighted by Gasteiger charge is -2.34. The van der Waals surface area contributed by atoms with Crippen LogP contribution in [0, 0.1) is 0 Å². The molecule has 0 aliphatic carbocycles. The molecule has 2 rings (SSSR count). The zero-order valence-corrected chi connectivity index (χ0v) is 5.37. The van der Waals surface area contributed by atoms with Crippen LogP contribution in [0.25, 0.3) is 0 Å². The highest BCUT2D eigenvalue weighted by Crippen LogP contribution is 2.23. The van der Waals surface area contributed by atoms with Crippen LogP contribution in [0.3, 0.4) is 0 Å². The molecule has 0 unspecified atom stereocenters. The molecule has 1 fully saturated rings. The summed E-state index contributed by atoms with van der Waals surface area (Å²) in [7, 11) is 0. The molecule has 2 N–H and O–H groups in total. The summed E-state index contributed by atoms with van der Waals surface area (Å²) in [6.45, 7) is 1.12. The Morgan fingerprint density at radius 3 is 2.90 bits per heavy atom. The molecule has 0 saturated carbocycles. The standard InChI is InChI=1S/C6H8N2O2/c9-6(2-8-3-6)5-1-7-4-10-5/h1,4,8-9H,2-3H2. The summed E-state index contributed by atoms with van der Waals surface area (Å²) >= 11 is 0. The summed E-state index contributed by atoms with van der Waals surface area (Å²) in [5.74, 6) is 0.547. The zero-order chi connectivity index (χ0) is 7.03. The first kappa shape index (κ1) is 5.88. The lowest BCUT2D eigenvalue weighted by molar-refractivity contribution is -0.0332. The maximum atomic E-state index is 9.57. The molecule has 0 spiro atoms. The van der Waals surface area contributed by atoms with Crippen molar-refractivity contribution in [2.75, 3.05) is 13.1 Å². The van der Waals surface area contributed by atoms with Crippen LogP contribution >= 0.6 is 0 Å². The monoisotopic (exact) mass is 140 g/mol. The van der Waals surface area contributed by atoms with Gasteiger partial charge in [0.25, 0.3) is 0 Å². The number of nitrogens with one attached hydrogen (secondary N) is 1. The maximum Gasteiger partial charge on any atom is 0.181 e. The Morgan fingerprint density at radius 2 is 2.50 bits per heavy atom. The van der Waals surface area contributed by atoms with E-state index in [-0.39, 0.29) is 0 Å². The Hall–Kier alpha value is -0.870. The van der Waals surface area contributed by atoms with Crippen molar-refractivity contribution in [1.82, 2.24) is 10.3 Å². The van der Waals surface area contributed by atoms with E-state index in [2.05, 4.69) is 10.3 Å². The van der Waals surface area contributed by atoms with E-state index in [0.717, 1.165) is 0 Å². The minimum atomic E-state index is -0.795. The topological polar surface area (TPSA) is 58.3 Å². The summed E-state index contributed by atoms with van der Waals surface area (Å²) in [4.78, 5) is 3.72. The lowest BCUT2D eigenvalue weighted by atomic mass is 9.95. The molecule has 1 aliphatic rings. The van der Waals surface area contributed by atoms with Crippen molar-refractivity contribution in [2.45, 2.75) is 5.60 Å². The smallest absolute Gasteiger partial charge is 0.181 e. The fourth-order valence-electron chi connectivity index (χ4n) is 0.982. The number of β-amino-alcohol motifs (C(OH)–C–C–N with tert-alkyl or cyclic N) is 1. The van der Waals surface area contributed by atoms with E-state index in [1.54, 1.807) is 6.20 Å². The van der Waals surface area contributed by atoms with Crippen molar-refractivity contribution in [3.63, 3.8) is 0 Å². The third-order valence-electron chi connectivity index (χ3n) is 1.73. The van der Waals surface area contributed by atoms with Crippen molar-refractivity contribution in [3.8, 4) is 0 Å². The number of aliphatic hydroxyl groups is 1. The van der Waals surface area contributed by atoms with Crippen LogP contribution in [0.2, 0.25) is 0 Å². The van der Waals surface area contributed by atoms with Gasteiger partial charge in [0, 0.05) is 13.1 Å². The molecular weight excluding hydrogens is 132 g/mol. The van der Waals surface area contributed by atoms with Gasteiger partial charge in [0.15, 0.2) is 12.2 Å². The lowest BCUT2D eigenvalue weighted by Crippen LogP contribution is -2.56. The maximum absolute atomic E-state index is 9.57. The highest BCUT2D eigenvalue weighted by molar-refractivity contribution is 5.10. The Labute approximate surface area is 57.9 Å². The van der Waals surface area contributed by atoms with Crippen molar-refractivity contribution in [1.29, 1.82) is 0 Å². The number of hydrogen-bond acceptors (Lipinski definition) is 4. The first-order valence-electron chi connectivity index (χ1n) is 3.13. The van der Waals surface area contributed by atoms with Gasteiger partial charge in [-0.15, -0.1) is 0 Å². The second-order valence-electron chi connectivity index (χ2n) is 2.50. The highest BCUT2D eigenvalue weighted by atomic mass is 16.4. The van der Waals surface area contributed by atoms with E-state index < -0.39 is 5.60 Å². The van der Waals surface area contributed by atoms with Gasteiger partial charge >= 0.3 is 0 Å². The fourth-order valence-corrected chi connectivity index (χ4v) is 0.982. The summed E-state index contributed by atoms with van der Waals surface area (Å²) in [5, 5.41) is 12.5. The number of nitrogens with zero attached hydrogens (tertiary/aromatic N) is 1. The van der Waals surface area contributed by atoms with Gasteiger partial charge in [-0.05, 0) is 0 Å². The van der Waals surface area contributed by atoms with E-state index in [9.17, 15) is 5.11 Å². The Bertz CT molecular complexity index is 216. The zero-order valence-electron chi connectivity index (χ0n) is 5.37. The molecule has 0 bridgehead atoms. The second-order valence-corrected chi connectivity index (χ2v) is 2.50. The first-order chi connectivity index (χ1) is 4.81. The van der Waals surface area contributed by atoms with Crippen molar-refractivity contribution < 1.29 is 9.52 Å². The third kappa shape index (κ3) is 0.661. The average molecular weight is 140 g/mol. The molecule has 10 heavy (non-hydrogen) atoms. The molecule has 1 aromatic heterocycles. The predicted molar refractivity (Wildman–Crippen MR) is 33.3 cm³/mol. The van der Waals surface area contributed by atoms with Crippen LogP contribution in [0.1, 0.15) is 5.76 Å². The van der Waals surface area contributed by atoms with Gasteiger partial charge in [-0.25, -0.2) is 4.98 Å². The molecule has 4 nitrogen and oxygen atoms in total. The van der Waals surface area contributed by atoms with Gasteiger partial charge in [0.1, 0.15) is 5.60 Å². The van der Waals surface area contributed by atoms with E-state index in [1.807, 2.05) is 0 Å². The third-order valence-corrected chi connectivity index (χ3v) is 1.73. The SMILES string of the molecule is OC1(c2cnco2)CNC1. The van der Waals surface area contributed by atoms with Crippen molar-refractivity contribution in [2.24, 2.45) is 0 Å². The molecule has 1 saturated heterocycles. The number of hydrogen-bond donors (Lipinski definition) is 2. The summed E-state index contributed by atoms with van der Waals surface area (Å²) in [6, 6.07) is 0. The molecule has 0 atom stereocenters. The number of aromatic nitrogens is 1. The van der Waals surface area contributed by atoms with Gasteiger partial charge in [0.05, 0.1) is 6.20 Å². The summed E-state index contributed by atoms with van der Waals surface area (Å²) in [6.07, 6.45) is 2.87. The van der Waals surface area contributed by atoms with E-state index in [1.165, 1.54) is 6.39 Å². The Morgan fingerprint density at radius 1 is 1.70 bits per heavy atom. The van der Waals surface area contributed by atoms with E-state index in [0.29, 0.717) is 18.8 Å². The molecule has 0 radical (unpaired) electrons. The van der Waals surface area contributed by atoms with Gasteiger partial charge in [-0.3, -0.25) is 0 Å². The van der Waals surface area contributed by atoms with Crippen LogP contribution in [-0.2, 0) is 5.60 Å². The molecule has 0 amide bonds. The fraction of sp³-hybridized carbons (Fsp3) is 0.500. The van der Waals surface area contributed by atoms with E-state index in [4.69, 9.17) is 4.42 Å². The molecule has 2 heterocycles. The normalized spacial score (nSPS) is 22.1. The number of rotatable bonds is 1. The molecule has 4 heteroatoms. The van der Waals surface area contributed by atoms with Crippen LogP contribution in [0.4, 0.5) is 0 Å². The average Bonchev–Trinajstić information content (AvgIpc) is 2.33. The van der Waals surface area contributed by atoms with Crippen molar-refractivity contribution >= 4 is 0 Å². The van der Waals surface area contributed by atoms with Crippen molar-refractivity contribution in [3.05, 3.63) is 18.4 Å². The molecule has 0 aromatic carbocycles. The molecule has 1 aliphatic heterocycles. The Kier molecular flexibility index (Phi) is 1.06. The van der Waals surface area contributed by atoms with Gasteiger partial charge in [0.2, 0.25) is 0 Å². The second kappa shape index (κ2) is 1.81. The van der Waals surface area contributed by atoms with E-state index >= 15 is 0 Å². The molecular formula is C6H8N2O2. The van der Waals surface area contributed by atoms with Crippen LogP contribution in [-0.4, -0.2) is 23.2 Å². The van der Waals surface area contributed by atoms with Gasteiger partial charge in [-0.1, -0.05) is 0 Å². The quantitative estimate of drug-likeness (QED) is 0.550. The number of oxazole rings is 1. The van der Waals surface area contributed by atoms with Crippen LogP contribution in [0.15, 0.2) is 17.0 Å².